The number of halogens is 1. The minimum Gasteiger partial charge on any atom is -0.355 e. The van der Waals surface area contributed by atoms with Gasteiger partial charge in [0.25, 0.3) is 0 Å². The van der Waals surface area contributed by atoms with Gasteiger partial charge in [-0.05, 0) is 5.56 Å². The summed E-state index contributed by atoms with van der Waals surface area (Å²) in [6, 6.07) is 10.0. The van der Waals surface area contributed by atoms with Gasteiger partial charge in [-0.15, -0.1) is 0 Å². The minimum absolute atomic E-state index is 0.446. The van der Waals surface area contributed by atoms with Crippen LogP contribution in [0, 0.1) is 0 Å². The Morgan fingerprint density at radius 3 is 2.71 bits per heavy atom. The molecule has 14 heavy (non-hydrogen) atoms. The molecular formula is C9H12IN3O. The van der Waals surface area contributed by atoms with Crippen LogP contribution in [0.2, 0.25) is 0 Å². The summed E-state index contributed by atoms with van der Waals surface area (Å²) in [5, 5.41) is 5.41. The van der Waals surface area contributed by atoms with Gasteiger partial charge in [-0.25, -0.2) is 0 Å². The average molecular weight is 305 g/mol. The molecule has 5 heteroatoms. The monoisotopic (exact) mass is 305 g/mol. The molecule has 1 aromatic carbocycles. The summed E-state index contributed by atoms with van der Waals surface area (Å²) in [6.07, 6.45) is 0. The van der Waals surface area contributed by atoms with Crippen molar-refractivity contribution in [3.63, 3.8) is 0 Å². The molecule has 0 fully saturated rings. The van der Waals surface area contributed by atoms with Crippen LogP contribution in [0.3, 0.4) is 0 Å². The molecule has 0 aromatic heterocycles. The number of benzene rings is 1. The van der Waals surface area contributed by atoms with E-state index in [1.54, 1.807) is 5.01 Å². The fourth-order valence-electron chi connectivity index (χ4n) is 0.953. The third kappa shape index (κ3) is 4.52. The Bertz CT molecular complexity index is 279. The molecule has 0 heterocycles. The van der Waals surface area contributed by atoms with Crippen molar-refractivity contribution >= 4 is 22.9 Å². The highest BCUT2D eigenvalue weighted by atomic mass is 127. The number of rotatable bonds is 5. The zero-order chi connectivity index (χ0) is 10.2. The third-order valence-corrected chi connectivity index (χ3v) is 1.77. The second-order valence-electron chi connectivity index (χ2n) is 2.79. The molecule has 4 nitrogen and oxygen atoms in total. The topological polar surface area (TPSA) is 37.2 Å². The van der Waals surface area contributed by atoms with Crippen molar-refractivity contribution in [3.8, 4) is 0 Å². The van der Waals surface area contributed by atoms with Gasteiger partial charge >= 0.3 is 0 Å². The van der Waals surface area contributed by atoms with E-state index in [1.165, 1.54) is 0 Å². The molecule has 0 saturated carbocycles. The molecule has 1 aromatic rings. The van der Waals surface area contributed by atoms with E-state index >= 15 is 0 Å². The largest absolute Gasteiger partial charge is 0.355 e. The molecule has 0 radical (unpaired) electrons. The average Bonchev–Trinajstić information content (AvgIpc) is 2.20. The van der Waals surface area contributed by atoms with Crippen LogP contribution in [0.15, 0.2) is 38.9 Å². The van der Waals surface area contributed by atoms with E-state index in [9.17, 15) is 0 Å². The molecule has 0 spiro atoms. The summed E-state index contributed by atoms with van der Waals surface area (Å²) in [5.74, 6) is 0. The van der Waals surface area contributed by atoms with Gasteiger partial charge in [-0.1, -0.05) is 38.9 Å². The molecule has 0 aliphatic rings. The smallest absolute Gasteiger partial charge is 0.136 e. The Morgan fingerprint density at radius 2 is 2.07 bits per heavy atom. The van der Waals surface area contributed by atoms with Crippen molar-refractivity contribution in [2.45, 2.75) is 6.61 Å². The van der Waals surface area contributed by atoms with Crippen molar-refractivity contribution < 1.29 is 4.74 Å². The fraction of sp³-hybridized carbons (Fsp3) is 0.333. The minimum atomic E-state index is 0.446. The third-order valence-electron chi connectivity index (χ3n) is 1.58. The molecule has 0 amide bonds. The lowest BCUT2D eigenvalue weighted by atomic mass is 10.2. The van der Waals surface area contributed by atoms with Crippen LogP contribution >= 0.6 is 22.9 Å². The second-order valence-corrected chi connectivity index (χ2v) is 3.22. The van der Waals surface area contributed by atoms with Gasteiger partial charge in [0.15, 0.2) is 0 Å². The summed E-state index contributed by atoms with van der Waals surface area (Å²) in [6.45, 7) is 1.04. The normalized spacial score (nSPS) is 10.7. The van der Waals surface area contributed by atoms with Crippen molar-refractivity contribution in [1.82, 2.24) is 5.01 Å². The molecule has 0 atom stereocenters. The van der Waals surface area contributed by atoms with Crippen molar-refractivity contribution in [3.05, 3.63) is 35.9 Å². The lowest BCUT2D eigenvalue weighted by Crippen LogP contribution is -2.14. The van der Waals surface area contributed by atoms with Crippen LogP contribution in [0.1, 0.15) is 5.56 Å². The Hall–Kier alpha value is -0.690. The van der Waals surface area contributed by atoms with Crippen molar-refractivity contribution in [2.75, 3.05) is 13.8 Å². The standard InChI is InChI=1S/C9H12IN3O/c1-13(12-11-10)8-14-7-9-5-3-2-4-6-9/h2-6H,7-8H2,1H3/b12-11-. The van der Waals surface area contributed by atoms with Crippen LogP contribution < -0.4 is 0 Å². The van der Waals surface area contributed by atoms with Crippen LogP contribution in [0.5, 0.6) is 0 Å². The lowest BCUT2D eigenvalue weighted by molar-refractivity contribution is 0.0305. The van der Waals surface area contributed by atoms with E-state index in [0.717, 1.165) is 5.56 Å². The molecule has 0 bridgehead atoms. The zero-order valence-electron chi connectivity index (χ0n) is 7.93. The van der Waals surface area contributed by atoms with E-state index < -0.39 is 0 Å². The zero-order valence-corrected chi connectivity index (χ0v) is 10.1. The van der Waals surface area contributed by atoms with Gasteiger partial charge < -0.3 is 4.74 Å². The van der Waals surface area contributed by atoms with Gasteiger partial charge in [-0.3, -0.25) is 5.01 Å². The highest BCUT2D eigenvalue weighted by Crippen LogP contribution is 2.01. The first-order valence-corrected chi connectivity index (χ1v) is 5.14. The van der Waals surface area contributed by atoms with E-state index in [-0.39, 0.29) is 0 Å². The number of hydrogen-bond acceptors (Lipinski definition) is 3. The molecule has 0 N–H and O–H groups in total. The maximum atomic E-state index is 5.40. The number of nitrogens with zero attached hydrogens (tertiary/aromatic N) is 3. The van der Waals surface area contributed by atoms with Crippen molar-refractivity contribution in [2.24, 2.45) is 8.55 Å². The SMILES string of the molecule is CN(COCc1ccccc1)/N=N\I. The van der Waals surface area contributed by atoms with E-state index in [0.29, 0.717) is 13.3 Å². The van der Waals surface area contributed by atoms with Crippen LogP contribution in [0.25, 0.3) is 0 Å². The highest BCUT2D eigenvalue weighted by Gasteiger charge is 1.94. The predicted octanol–water partition coefficient (Wildman–Crippen LogP) is 2.81. The van der Waals surface area contributed by atoms with Crippen molar-refractivity contribution in [1.29, 1.82) is 0 Å². The first-order chi connectivity index (χ1) is 6.83. The Labute approximate surface area is 97.4 Å². The summed E-state index contributed by atoms with van der Waals surface area (Å²) in [7, 11) is 1.81. The second kappa shape index (κ2) is 6.72. The Kier molecular flexibility index (Phi) is 5.46. The molecule has 0 aliphatic carbocycles. The summed E-state index contributed by atoms with van der Waals surface area (Å²) in [4.78, 5) is 0. The number of hydrogen-bond donors (Lipinski definition) is 0. The van der Waals surface area contributed by atoms with Gasteiger partial charge in [0.1, 0.15) is 29.6 Å². The van der Waals surface area contributed by atoms with Gasteiger partial charge in [0.2, 0.25) is 0 Å². The van der Waals surface area contributed by atoms with E-state index in [2.05, 4.69) is 8.55 Å². The van der Waals surface area contributed by atoms with Crippen LogP contribution in [-0.4, -0.2) is 18.8 Å². The molecule has 1 rings (SSSR count). The Balaban J connectivity index is 2.22. The molecular weight excluding hydrogens is 293 g/mol. The first kappa shape index (κ1) is 11.4. The maximum absolute atomic E-state index is 5.40. The quantitative estimate of drug-likeness (QED) is 0.363. The highest BCUT2D eigenvalue weighted by molar-refractivity contribution is 14.1. The molecule has 0 aliphatic heterocycles. The first-order valence-electron chi connectivity index (χ1n) is 4.17. The molecule has 0 unspecified atom stereocenters. The summed E-state index contributed by atoms with van der Waals surface area (Å²) in [5.41, 5.74) is 1.16. The Morgan fingerprint density at radius 1 is 1.36 bits per heavy atom. The summed E-state index contributed by atoms with van der Waals surface area (Å²) >= 11 is 1.83. The van der Waals surface area contributed by atoms with E-state index in [4.69, 9.17) is 4.74 Å². The van der Waals surface area contributed by atoms with Gasteiger partial charge in [0, 0.05) is 7.05 Å². The van der Waals surface area contributed by atoms with Gasteiger partial charge in [-0.2, -0.15) is 0 Å². The lowest BCUT2D eigenvalue weighted by Gasteiger charge is -2.10. The van der Waals surface area contributed by atoms with E-state index in [1.807, 2.05) is 60.2 Å². The van der Waals surface area contributed by atoms with Crippen LogP contribution in [0.4, 0.5) is 0 Å². The summed E-state index contributed by atoms with van der Waals surface area (Å²) < 4.78 is 9.01. The fourth-order valence-corrected chi connectivity index (χ4v) is 1.28. The number of ether oxygens (including phenoxy) is 1. The molecule has 0 saturated heterocycles. The van der Waals surface area contributed by atoms with Gasteiger partial charge in [0.05, 0.1) is 6.61 Å². The maximum Gasteiger partial charge on any atom is 0.136 e. The predicted molar refractivity (Wildman–Crippen MR) is 62.7 cm³/mol. The van der Waals surface area contributed by atoms with Crippen LogP contribution in [-0.2, 0) is 11.3 Å². The molecule has 76 valence electrons.